The first-order valence-electron chi connectivity index (χ1n) is 6.40. The van der Waals surface area contributed by atoms with E-state index in [9.17, 15) is 4.79 Å². The summed E-state index contributed by atoms with van der Waals surface area (Å²) in [5.74, 6) is -0.500. The minimum Gasteiger partial charge on any atom is -0.366 e. The SMILES string of the molecule is CCNC(C)c1ccc(-n2cc(C(N)=O)cn2)cc1Cl. The molecule has 3 N–H and O–H groups in total. The molecule has 5 nitrogen and oxygen atoms in total. The first kappa shape index (κ1) is 14.6. The molecule has 0 saturated heterocycles. The highest BCUT2D eigenvalue weighted by molar-refractivity contribution is 6.31. The number of primary amides is 1. The van der Waals surface area contributed by atoms with Gasteiger partial charge in [-0.05, 0) is 31.2 Å². The van der Waals surface area contributed by atoms with Gasteiger partial charge in [0.15, 0.2) is 0 Å². The van der Waals surface area contributed by atoms with Crippen molar-refractivity contribution in [1.82, 2.24) is 15.1 Å². The fourth-order valence-electron chi connectivity index (χ4n) is 2.02. The van der Waals surface area contributed by atoms with Gasteiger partial charge in [0, 0.05) is 17.3 Å². The minimum atomic E-state index is -0.500. The third-order valence-corrected chi connectivity index (χ3v) is 3.42. The van der Waals surface area contributed by atoms with Crippen LogP contribution in [0.1, 0.15) is 35.8 Å². The molecule has 1 aromatic heterocycles. The Morgan fingerprint density at radius 3 is 2.85 bits per heavy atom. The smallest absolute Gasteiger partial charge is 0.251 e. The molecule has 0 aliphatic carbocycles. The highest BCUT2D eigenvalue weighted by Gasteiger charge is 2.11. The van der Waals surface area contributed by atoms with Crippen molar-refractivity contribution >= 4 is 17.5 Å². The minimum absolute atomic E-state index is 0.181. The largest absolute Gasteiger partial charge is 0.366 e. The Morgan fingerprint density at radius 1 is 1.55 bits per heavy atom. The summed E-state index contributed by atoms with van der Waals surface area (Å²) in [4.78, 5) is 11.1. The number of carbonyl (C=O) groups excluding carboxylic acids is 1. The topological polar surface area (TPSA) is 72.9 Å². The van der Waals surface area contributed by atoms with Gasteiger partial charge in [-0.3, -0.25) is 4.79 Å². The lowest BCUT2D eigenvalue weighted by molar-refractivity contribution is 0.100. The zero-order chi connectivity index (χ0) is 14.7. The monoisotopic (exact) mass is 292 g/mol. The fraction of sp³-hybridized carbons (Fsp3) is 0.286. The van der Waals surface area contributed by atoms with Crippen molar-refractivity contribution < 1.29 is 4.79 Å². The highest BCUT2D eigenvalue weighted by Crippen LogP contribution is 2.25. The summed E-state index contributed by atoms with van der Waals surface area (Å²) in [5.41, 5.74) is 7.39. The second kappa shape index (κ2) is 6.07. The lowest BCUT2D eigenvalue weighted by Gasteiger charge is -2.15. The van der Waals surface area contributed by atoms with Gasteiger partial charge in [-0.2, -0.15) is 5.10 Å². The normalized spacial score (nSPS) is 12.3. The Morgan fingerprint density at radius 2 is 2.30 bits per heavy atom. The molecule has 1 unspecified atom stereocenters. The van der Waals surface area contributed by atoms with E-state index in [1.165, 1.54) is 6.20 Å². The summed E-state index contributed by atoms with van der Waals surface area (Å²) >= 11 is 6.31. The Hall–Kier alpha value is -1.85. The van der Waals surface area contributed by atoms with E-state index in [1.54, 1.807) is 10.9 Å². The van der Waals surface area contributed by atoms with E-state index in [1.807, 2.05) is 25.1 Å². The van der Waals surface area contributed by atoms with Crippen LogP contribution >= 0.6 is 11.6 Å². The molecule has 0 spiro atoms. The lowest BCUT2D eigenvalue weighted by Crippen LogP contribution is -2.18. The number of amides is 1. The van der Waals surface area contributed by atoms with Crippen LogP contribution in [-0.2, 0) is 0 Å². The van der Waals surface area contributed by atoms with Crippen LogP contribution in [0.4, 0.5) is 0 Å². The summed E-state index contributed by atoms with van der Waals surface area (Å²) < 4.78 is 1.58. The maximum Gasteiger partial charge on any atom is 0.251 e. The van der Waals surface area contributed by atoms with E-state index < -0.39 is 5.91 Å². The van der Waals surface area contributed by atoms with Crippen molar-refractivity contribution in [1.29, 1.82) is 0 Å². The third-order valence-electron chi connectivity index (χ3n) is 3.09. The molecule has 6 heteroatoms. The van der Waals surface area contributed by atoms with Crippen LogP contribution in [0.3, 0.4) is 0 Å². The number of nitrogens with zero attached hydrogens (tertiary/aromatic N) is 2. The van der Waals surface area contributed by atoms with E-state index in [-0.39, 0.29) is 6.04 Å². The quantitative estimate of drug-likeness (QED) is 0.888. The van der Waals surface area contributed by atoms with Gasteiger partial charge in [0.25, 0.3) is 5.91 Å². The number of carbonyl (C=O) groups is 1. The molecule has 106 valence electrons. The Bertz CT molecular complexity index is 623. The maximum atomic E-state index is 11.1. The number of hydrogen-bond acceptors (Lipinski definition) is 3. The molecule has 20 heavy (non-hydrogen) atoms. The van der Waals surface area contributed by atoms with Gasteiger partial charge in [0.1, 0.15) is 0 Å². The first-order valence-corrected chi connectivity index (χ1v) is 6.78. The van der Waals surface area contributed by atoms with Gasteiger partial charge < -0.3 is 11.1 Å². The summed E-state index contributed by atoms with van der Waals surface area (Å²) in [6, 6.07) is 5.87. The highest BCUT2D eigenvalue weighted by atomic mass is 35.5. The van der Waals surface area contributed by atoms with E-state index in [4.69, 9.17) is 17.3 Å². The molecule has 1 amide bonds. The van der Waals surface area contributed by atoms with Gasteiger partial charge in [-0.1, -0.05) is 24.6 Å². The zero-order valence-corrected chi connectivity index (χ0v) is 12.2. The fourth-order valence-corrected chi connectivity index (χ4v) is 2.36. The number of halogens is 1. The van der Waals surface area contributed by atoms with Crippen LogP contribution in [0.15, 0.2) is 30.6 Å². The van der Waals surface area contributed by atoms with Gasteiger partial charge in [0.2, 0.25) is 0 Å². The molecule has 2 rings (SSSR count). The number of benzene rings is 1. The summed E-state index contributed by atoms with van der Waals surface area (Å²) in [5, 5.41) is 8.07. The van der Waals surface area contributed by atoms with Crippen LogP contribution in [0.25, 0.3) is 5.69 Å². The van der Waals surface area contributed by atoms with Crippen molar-refractivity contribution in [3.63, 3.8) is 0 Å². The molecule has 2 aromatic rings. The maximum absolute atomic E-state index is 11.1. The second-order valence-electron chi connectivity index (χ2n) is 4.52. The predicted molar refractivity (Wildman–Crippen MR) is 79.2 cm³/mol. The second-order valence-corrected chi connectivity index (χ2v) is 4.93. The Balaban J connectivity index is 2.30. The summed E-state index contributed by atoms with van der Waals surface area (Å²) in [6.07, 6.45) is 3.02. The van der Waals surface area contributed by atoms with Crippen molar-refractivity contribution in [2.45, 2.75) is 19.9 Å². The van der Waals surface area contributed by atoms with E-state index in [0.717, 1.165) is 17.8 Å². The zero-order valence-electron chi connectivity index (χ0n) is 11.4. The van der Waals surface area contributed by atoms with E-state index >= 15 is 0 Å². The molecule has 0 aliphatic heterocycles. The number of rotatable bonds is 5. The number of hydrogen-bond donors (Lipinski definition) is 2. The molecule has 0 aliphatic rings. The Labute approximate surface area is 122 Å². The van der Waals surface area contributed by atoms with Crippen LogP contribution in [0, 0.1) is 0 Å². The van der Waals surface area contributed by atoms with Gasteiger partial charge in [-0.25, -0.2) is 4.68 Å². The lowest BCUT2D eigenvalue weighted by atomic mass is 10.1. The molecular weight excluding hydrogens is 276 g/mol. The molecule has 0 saturated carbocycles. The predicted octanol–water partition coefficient (Wildman–Crippen LogP) is 2.30. The molecule has 1 atom stereocenters. The summed E-state index contributed by atoms with van der Waals surface area (Å²) in [7, 11) is 0. The number of nitrogens with two attached hydrogens (primary N) is 1. The van der Waals surface area contributed by atoms with Crippen LogP contribution in [-0.4, -0.2) is 22.2 Å². The van der Waals surface area contributed by atoms with Crippen molar-refractivity contribution in [3.8, 4) is 5.69 Å². The number of nitrogens with one attached hydrogen (secondary N) is 1. The first-order chi connectivity index (χ1) is 9.52. The van der Waals surface area contributed by atoms with Gasteiger partial charge in [-0.15, -0.1) is 0 Å². The molecule has 0 bridgehead atoms. The average molecular weight is 293 g/mol. The molecule has 1 aromatic carbocycles. The van der Waals surface area contributed by atoms with Crippen molar-refractivity contribution in [3.05, 3.63) is 46.7 Å². The van der Waals surface area contributed by atoms with Crippen LogP contribution < -0.4 is 11.1 Å². The molecule has 1 heterocycles. The summed E-state index contributed by atoms with van der Waals surface area (Å²) in [6.45, 7) is 4.98. The molecular formula is C14H17ClN4O. The molecule has 0 fully saturated rings. The van der Waals surface area contributed by atoms with E-state index in [0.29, 0.717) is 10.6 Å². The van der Waals surface area contributed by atoms with Crippen LogP contribution in [0.5, 0.6) is 0 Å². The standard InChI is InChI=1S/C14H17ClN4O/c1-3-17-9(2)12-5-4-11(6-13(12)15)19-8-10(7-18-19)14(16)20/h4-9,17H,3H2,1-2H3,(H2,16,20). The van der Waals surface area contributed by atoms with E-state index in [2.05, 4.69) is 17.3 Å². The van der Waals surface area contributed by atoms with Crippen LogP contribution in [0.2, 0.25) is 5.02 Å². The van der Waals surface area contributed by atoms with Gasteiger partial charge >= 0.3 is 0 Å². The number of aromatic nitrogens is 2. The molecule has 0 radical (unpaired) electrons. The van der Waals surface area contributed by atoms with Crippen molar-refractivity contribution in [2.24, 2.45) is 5.73 Å². The van der Waals surface area contributed by atoms with Crippen molar-refractivity contribution in [2.75, 3.05) is 6.54 Å². The van der Waals surface area contributed by atoms with Gasteiger partial charge in [0.05, 0.1) is 17.4 Å². The average Bonchev–Trinajstić information content (AvgIpc) is 2.88. The third kappa shape index (κ3) is 3.00. The Kier molecular flexibility index (Phi) is 4.42.